The standard InChI is InChI=1S/C8H17NO/c1-6-3-4-8(2,10)7(9)5-6/h6-7,10H,3-5,9H2,1-2H3. The molecule has 0 aromatic rings. The summed E-state index contributed by atoms with van der Waals surface area (Å²) in [7, 11) is 0. The molecule has 0 aliphatic heterocycles. The molecule has 0 aromatic carbocycles. The number of hydrogen-bond donors (Lipinski definition) is 2. The van der Waals surface area contributed by atoms with Crippen molar-refractivity contribution in [3.8, 4) is 0 Å². The smallest absolute Gasteiger partial charge is 0.0770 e. The first-order valence-corrected chi connectivity index (χ1v) is 4.00. The van der Waals surface area contributed by atoms with Gasteiger partial charge in [0.25, 0.3) is 0 Å². The largest absolute Gasteiger partial charge is 0.389 e. The van der Waals surface area contributed by atoms with E-state index in [-0.39, 0.29) is 6.04 Å². The van der Waals surface area contributed by atoms with Crippen molar-refractivity contribution in [2.24, 2.45) is 11.7 Å². The first kappa shape index (κ1) is 8.02. The second-order valence-corrected chi connectivity index (χ2v) is 3.84. The van der Waals surface area contributed by atoms with E-state index in [0.29, 0.717) is 5.92 Å². The van der Waals surface area contributed by atoms with Crippen LogP contribution in [0.1, 0.15) is 33.1 Å². The zero-order valence-electron chi connectivity index (χ0n) is 6.80. The number of rotatable bonds is 0. The molecule has 1 aliphatic carbocycles. The summed E-state index contributed by atoms with van der Waals surface area (Å²) in [6.07, 6.45) is 2.93. The normalized spacial score (nSPS) is 49.2. The van der Waals surface area contributed by atoms with Gasteiger partial charge in [-0.3, -0.25) is 0 Å². The monoisotopic (exact) mass is 143 g/mol. The third-order valence-electron chi connectivity index (χ3n) is 2.60. The molecule has 2 nitrogen and oxygen atoms in total. The fourth-order valence-electron chi connectivity index (χ4n) is 1.53. The first-order chi connectivity index (χ1) is 4.52. The van der Waals surface area contributed by atoms with E-state index < -0.39 is 5.60 Å². The molecule has 0 spiro atoms. The van der Waals surface area contributed by atoms with Crippen LogP contribution in [0.25, 0.3) is 0 Å². The molecule has 0 radical (unpaired) electrons. The third-order valence-corrected chi connectivity index (χ3v) is 2.60. The number of nitrogens with two attached hydrogens (primary N) is 1. The lowest BCUT2D eigenvalue weighted by Gasteiger charge is -2.37. The molecule has 1 rings (SSSR count). The maximum Gasteiger partial charge on any atom is 0.0770 e. The van der Waals surface area contributed by atoms with E-state index in [0.717, 1.165) is 19.3 Å². The van der Waals surface area contributed by atoms with Crippen molar-refractivity contribution in [2.75, 3.05) is 0 Å². The molecule has 3 atom stereocenters. The van der Waals surface area contributed by atoms with Gasteiger partial charge in [-0.1, -0.05) is 6.92 Å². The predicted molar refractivity (Wildman–Crippen MR) is 41.6 cm³/mol. The SMILES string of the molecule is CC1CCC(C)(O)C(N)C1. The van der Waals surface area contributed by atoms with Crippen LogP contribution in [0.5, 0.6) is 0 Å². The molecule has 0 amide bonds. The minimum atomic E-state index is -0.605. The Labute approximate surface area is 62.4 Å². The predicted octanol–water partition coefficient (Wildman–Crippen LogP) is 0.885. The lowest BCUT2D eigenvalue weighted by Crippen LogP contribution is -2.49. The molecule has 60 valence electrons. The molecule has 0 bridgehead atoms. The summed E-state index contributed by atoms with van der Waals surface area (Å²) in [5, 5.41) is 9.64. The van der Waals surface area contributed by atoms with Crippen molar-refractivity contribution in [2.45, 2.75) is 44.8 Å². The van der Waals surface area contributed by atoms with Crippen LogP contribution in [0.4, 0.5) is 0 Å². The maximum atomic E-state index is 9.64. The summed E-state index contributed by atoms with van der Waals surface area (Å²) in [4.78, 5) is 0. The summed E-state index contributed by atoms with van der Waals surface area (Å²) in [5.41, 5.74) is 5.15. The van der Waals surface area contributed by atoms with Crippen molar-refractivity contribution in [1.29, 1.82) is 0 Å². The number of hydrogen-bond acceptors (Lipinski definition) is 2. The van der Waals surface area contributed by atoms with Gasteiger partial charge < -0.3 is 10.8 Å². The molecular weight excluding hydrogens is 126 g/mol. The highest BCUT2D eigenvalue weighted by Crippen LogP contribution is 2.30. The van der Waals surface area contributed by atoms with E-state index >= 15 is 0 Å². The zero-order valence-corrected chi connectivity index (χ0v) is 6.80. The van der Waals surface area contributed by atoms with Gasteiger partial charge in [-0.2, -0.15) is 0 Å². The molecule has 1 aliphatic rings. The van der Waals surface area contributed by atoms with E-state index in [1.54, 1.807) is 0 Å². The van der Waals surface area contributed by atoms with Crippen LogP contribution in [0, 0.1) is 5.92 Å². The molecule has 2 heteroatoms. The van der Waals surface area contributed by atoms with Crippen molar-refractivity contribution in [3.63, 3.8) is 0 Å². The van der Waals surface area contributed by atoms with Crippen molar-refractivity contribution in [3.05, 3.63) is 0 Å². The van der Waals surface area contributed by atoms with E-state index in [9.17, 15) is 5.11 Å². The van der Waals surface area contributed by atoms with E-state index in [1.165, 1.54) is 0 Å². The maximum absolute atomic E-state index is 9.64. The lowest BCUT2D eigenvalue weighted by atomic mass is 9.77. The van der Waals surface area contributed by atoms with Crippen LogP contribution < -0.4 is 5.73 Å². The minimum Gasteiger partial charge on any atom is -0.389 e. The zero-order chi connectivity index (χ0) is 7.78. The first-order valence-electron chi connectivity index (χ1n) is 4.00. The molecule has 0 aromatic heterocycles. The fraction of sp³-hybridized carbons (Fsp3) is 1.00. The summed E-state index contributed by atoms with van der Waals surface area (Å²) >= 11 is 0. The van der Waals surface area contributed by atoms with Crippen LogP contribution in [-0.4, -0.2) is 16.7 Å². The Morgan fingerprint density at radius 3 is 2.60 bits per heavy atom. The van der Waals surface area contributed by atoms with Gasteiger partial charge in [0.2, 0.25) is 0 Å². The van der Waals surface area contributed by atoms with Crippen LogP contribution >= 0.6 is 0 Å². The van der Waals surface area contributed by atoms with Gasteiger partial charge >= 0.3 is 0 Å². The Balaban J connectivity index is 2.52. The van der Waals surface area contributed by atoms with Gasteiger partial charge in [0, 0.05) is 6.04 Å². The number of aliphatic hydroxyl groups is 1. The highest BCUT2D eigenvalue weighted by Gasteiger charge is 2.34. The Morgan fingerprint density at radius 1 is 1.60 bits per heavy atom. The average molecular weight is 143 g/mol. The topological polar surface area (TPSA) is 46.2 Å². The molecule has 1 fully saturated rings. The fourth-order valence-corrected chi connectivity index (χ4v) is 1.53. The van der Waals surface area contributed by atoms with Gasteiger partial charge in [0.1, 0.15) is 0 Å². The molecule has 3 N–H and O–H groups in total. The van der Waals surface area contributed by atoms with Crippen molar-refractivity contribution >= 4 is 0 Å². The molecule has 1 saturated carbocycles. The van der Waals surface area contributed by atoms with Crippen LogP contribution in [0.15, 0.2) is 0 Å². The van der Waals surface area contributed by atoms with Gasteiger partial charge in [0.15, 0.2) is 0 Å². The van der Waals surface area contributed by atoms with Gasteiger partial charge in [0.05, 0.1) is 5.60 Å². The van der Waals surface area contributed by atoms with Crippen molar-refractivity contribution in [1.82, 2.24) is 0 Å². The summed E-state index contributed by atoms with van der Waals surface area (Å²) < 4.78 is 0. The second-order valence-electron chi connectivity index (χ2n) is 3.84. The Morgan fingerprint density at radius 2 is 2.20 bits per heavy atom. The second kappa shape index (κ2) is 2.51. The summed E-state index contributed by atoms with van der Waals surface area (Å²) in [6, 6.07) is -0.0174. The quantitative estimate of drug-likeness (QED) is 0.529. The Hall–Kier alpha value is -0.0800. The highest BCUT2D eigenvalue weighted by atomic mass is 16.3. The Kier molecular flexibility index (Phi) is 2.02. The molecule has 3 unspecified atom stereocenters. The molecule has 0 heterocycles. The van der Waals surface area contributed by atoms with E-state index in [4.69, 9.17) is 5.73 Å². The van der Waals surface area contributed by atoms with Crippen LogP contribution in [0.2, 0.25) is 0 Å². The third kappa shape index (κ3) is 1.50. The van der Waals surface area contributed by atoms with Crippen molar-refractivity contribution < 1.29 is 5.11 Å². The summed E-state index contributed by atoms with van der Waals surface area (Å²) in [5.74, 6) is 0.690. The minimum absolute atomic E-state index is 0.0174. The molecule has 10 heavy (non-hydrogen) atoms. The van der Waals surface area contributed by atoms with Gasteiger partial charge in [-0.15, -0.1) is 0 Å². The Bertz CT molecular complexity index is 122. The van der Waals surface area contributed by atoms with Crippen LogP contribution in [0.3, 0.4) is 0 Å². The van der Waals surface area contributed by atoms with E-state index in [2.05, 4.69) is 6.92 Å². The average Bonchev–Trinajstić information content (AvgIpc) is 1.81. The highest BCUT2D eigenvalue weighted by molar-refractivity contribution is 4.90. The van der Waals surface area contributed by atoms with Gasteiger partial charge in [-0.25, -0.2) is 0 Å². The van der Waals surface area contributed by atoms with Crippen LogP contribution in [-0.2, 0) is 0 Å². The summed E-state index contributed by atoms with van der Waals surface area (Å²) in [6.45, 7) is 4.03. The molecular formula is C8H17NO. The lowest BCUT2D eigenvalue weighted by molar-refractivity contribution is -0.00860. The van der Waals surface area contributed by atoms with Gasteiger partial charge in [-0.05, 0) is 32.1 Å². The van der Waals surface area contributed by atoms with E-state index in [1.807, 2.05) is 6.92 Å². The molecule has 0 saturated heterocycles.